The molecule has 0 spiro atoms. The monoisotopic (exact) mass is 1370 g/mol. The maximum absolute atomic E-state index is 15.2. The summed E-state index contributed by atoms with van der Waals surface area (Å²) in [6.07, 6.45) is 0.326. The van der Waals surface area contributed by atoms with E-state index in [2.05, 4.69) is 41.5 Å². The highest BCUT2D eigenvalue weighted by Gasteiger charge is 2.45. The Kier molecular flexibility index (Phi) is 37.1. The summed E-state index contributed by atoms with van der Waals surface area (Å²) in [5.74, 6) is -10.5. The van der Waals surface area contributed by atoms with E-state index in [0.717, 1.165) is 35.9 Å². The molecule has 2 aliphatic heterocycles. The topological polar surface area (TPSA) is 358 Å². The smallest absolute Gasteiger partial charge is 0.246 e. The van der Waals surface area contributed by atoms with Crippen molar-refractivity contribution in [2.45, 2.75) is 247 Å². The summed E-state index contributed by atoms with van der Waals surface area (Å²) >= 11 is 0. The predicted molar refractivity (Wildman–Crippen MR) is 369 cm³/mol. The number of amides is 11. The Hall–Kier alpha value is -6.68. The number of nitrogens with one attached hydrogen (secondary N) is 5. The van der Waals surface area contributed by atoms with Gasteiger partial charge in [0, 0.05) is 73.4 Å². The lowest BCUT2D eigenvalue weighted by Gasteiger charge is -2.40. The third kappa shape index (κ3) is 25.8. The molecule has 6 N–H and O–H groups in total. The Bertz CT molecular complexity index is 2650. The van der Waals surface area contributed by atoms with Crippen molar-refractivity contribution in [3.05, 3.63) is 10.4 Å². The summed E-state index contributed by atoms with van der Waals surface area (Å²) in [6, 6.07) is -14.5. The SMILES string of the molecule is CC[C@@H]1NC(=O)[C@H]([C@H](O)[C@H](C)CCCCN=[N+]=[N-])NC(=O)[C@H](C(C)C)N(C)C(=O)[C@H](CC(C)C)N(C)C(=O)[C@H](CC(C)C)N(C)C(=O)[C@@H](C)NC(=O)[C@H](C)NC(=O)[C@H](CC(C)C)N(C)C(=O)[C@H](C(C)C)NC(=O)[C@H]([C@@H](C)OCCCCN2CCOCC2)N(C)C(=O)[C@@H](C)N(C)C1=O. The van der Waals surface area contributed by atoms with Crippen LogP contribution in [0.25, 0.3) is 10.4 Å². The van der Waals surface area contributed by atoms with Crippen LogP contribution in [-0.4, -0.2) is 271 Å². The van der Waals surface area contributed by atoms with Gasteiger partial charge in [-0.3, -0.25) is 57.6 Å². The second-order valence-electron chi connectivity index (χ2n) is 28.7. The number of aliphatic hydroxyl groups excluding tert-OH is 1. The fourth-order valence-corrected chi connectivity index (χ4v) is 12.4. The molecule has 97 heavy (non-hydrogen) atoms. The van der Waals surface area contributed by atoms with Gasteiger partial charge in [-0.1, -0.05) is 94.6 Å². The van der Waals surface area contributed by atoms with Gasteiger partial charge in [-0.15, -0.1) is 0 Å². The van der Waals surface area contributed by atoms with Crippen LogP contribution in [0.3, 0.4) is 0 Å². The Labute approximate surface area is 577 Å². The van der Waals surface area contributed by atoms with E-state index in [1.54, 1.807) is 48.5 Å². The Morgan fingerprint density at radius 2 is 1.02 bits per heavy atom. The second kappa shape index (κ2) is 41.7. The normalized spacial score (nSPS) is 26.9. The molecule has 11 amide bonds. The molecule has 2 rings (SSSR count). The lowest BCUT2D eigenvalue weighted by molar-refractivity contribution is -0.154. The zero-order valence-corrected chi connectivity index (χ0v) is 62.5. The van der Waals surface area contributed by atoms with E-state index in [1.165, 1.54) is 82.7 Å². The summed E-state index contributed by atoms with van der Waals surface area (Å²) in [6.45, 7) is 31.2. The Morgan fingerprint density at radius 3 is 1.55 bits per heavy atom. The molecule has 29 nitrogen and oxygen atoms in total. The van der Waals surface area contributed by atoms with Gasteiger partial charge < -0.3 is 70.6 Å². The Balaban J connectivity index is 2.99. The van der Waals surface area contributed by atoms with Crippen LogP contribution >= 0.6 is 0 Å². The minimum absolute atomic E-state index is 0.0397. The fraction of sp³-hybridized carbons (Fsp3) is 0.838. The maximum Gasteiger partial charge on any atom is 0.246 e. The molecular formula is C68H123N15O14. The summed E-state index contributed by atoms with van der Waals surface area (Å²) in [4.78, 5) is 175. The van der Waals surface area contributed by atoms with Crippen LogP contribution < -0.4 is 26.6 Å². The lowest BCUT2D eigenvalue weighted by atomic mass is 9.91. The van der Waals surface area contributed by atoms with Gasteiger partial charge in [-0.2, -0.15) is 0 Å². The van der Waals surface area contributed by atoms with E-state index >= 15 is 19.2 Å². The van der Waals surface area contributed by atoms with Gasteiger partial charge in [-0.05, 0) is 127 Å². The fourth-order valence-electron chi connectivity index (χ4n) is 12.4. The zero-order chi connectivity index (χ0) is 74.0. The first kappa shape index (κ1) is 86.4. The highest BCUT2D eigenvalue weighted by atomic mass is 16.5. The number of carbonyl (C=O) groups is 11. The van der Waals surface area contributed by atoms with E-state index < -0.39 is 161 Å². The molecule has 0 aromatic rings. The number of nitrogens with zero attached hydrogens (tertiary/aromatic N) is 10. The number of hydrogen-bond acceptors (Lipinski definition) is 16. The molecule has 2 fully saturated rings. The van der Waals surface area contributed by atoms with Crippen molar-refractivity contribution in [2.75, 3.05) is 88.3 Å². The summed E-state index contributed by atoms with van der Waals surface area (Å²) < 4.78 is 11.8. The molecule has 2 saturated heterocycles. The van der Waals surface area contributed by atoms with Crippen molar-refractivity contribution in [3.8, 4) is 0 Å². The molecule has 2 heterocycles. The zero-order valence-electron chi connectivity index (χ0n) is 62.5. The first-order valence-electron chi connectivity index (χ1n) is 35.0. The standard InChI is InChI=1S/C68H123N15O14/c1-23-49-65(92)77(17)47(15)64(91)82(22)56(48(16)97-33-27-26-30-83-31-34-96-35-32-83)62(89)74-53(42(8)9)68(95)78(18)50(36-39(2)3)59(86)71-45(13)58(85)72-46(14)63(90)79(19)51(37-40(4)5)66(93)80(20)52(38-41(6)7)67(94)81(21)55(43(10)11)61(88)75-54(60(87)73-49)57(84)44(12)28-24-25-29-70-76-69/h39-57,84H,23-38H2,1-22H3,(H,71,86)(H,72,85)(H,73,87)(H,74,89)(H,75,88)/t44-,45+,46-,47-,48-,49+,50+,51+,52+,53+,54+,55+,56+,57-/m1/s1. The van der Waals surface area contributed by atoms with E-state index in [9.17, 15) is 38.7 Å². The lowest BCUT2D eigenvalue weighted by Crippen LogP contribution is -2.64. The molecule has 2 aliphatic rings. The number of morpholine rings is 1. The maximum atomic E-state index is 15.2. The van der Waals surface area contributed by atoms with Gasteiger partial charge in [-0.25, -0.2) is 0 Å². The van der Waals surface area contributed by atoms with Crippen LogP contribution in [0.5, 0.6) is 0 Å². The molecule has 0 aromatic heterocycles. The van der Waals surface area contributed by atoms with Gasteiger partial charge in [0.05, 0.1) is 25.4 Å². The molecular weight excluding hydrogens is 1250 g/mol. The minimum Gasteiger partial charge on any atom is -0.390 e. The van der Waals surface area contributed by atoms with Crippen LogP contribution in [-0.2, 0) is 62.2 Å². The second-order valence-corrected chi connectivity index (χ2v) is 28.7. The van der Waals surface area contributed by atoms with Crippen molar-refractivity contribution in [1.82, 2.24) is 60.9 Å². The molecule has 0 saturated carbocycles. The number of likely N-dealkylation sites (N-methyl/N-ethyl adjacent to an activating group) is 6. The van der Waals surface area contributed by atoms with Gasteiger partial charge in [0.2, 0.25) is 65.0 Å². The van der Waals surface area contributed by atoms with Gasteiger partial charge in [0.15, 0.2) is 0 Å². The number of azide groups is 1. The molecule has 0 unspecified atom stereocenters. The number of aliphatic hydroxyl groups is 1. The number of carbonyl (C=O) groups excluding carboxylic acids is 11. The quantitative estimate of drug-likeness (QED) is 0.0370. The number of ether oxygens (including phenoxy) is 2. The van der Waals surface area contributed by atoms with Gasteiger partial charge in [0.1, 0.15) is 66.5 Å². The molecule has 554 valence electrons. The molecule has 0 aliphatic carbocycles. The number of unbranched alkanes of at least 4 members (excludes halogenated alkanes) is 2. The third-order valence-electron chi connectivity index (χ3n) is 18.7. The summed E-state index contributed by atoms with van der Waals surface area (Å²) in [5, 5.41) is 29.5. The van der Waals surface area contributed by atoms with Crippen LogP contribution in [0.15, 0.2) is 5.11 Å². The van der Waals surface area contributed by atoms with Crippen LogP contribution in [0.2, 0.25) is 0 Å². The van der Waals surface area contributed by atoms with Crippen LogP contribution in [0, 0.1) is 35.5 Å². The Morgan fingerprint density at radius 1 is 0.526 bits per heavy atom. The molecule has 0 bridgehead atoms. The minimum atomic E-state index is -1.74. The van der Waals surface area contributed by atoms with E-state index in [0.29, 0.717) is 38.9 Å². The van der Waals surface area contributed by atoms with Crippen molar-refractivity contribution < 1.29 is 67.3 Å². The first-order valence-corrected chi connectivity index (χ1v) is 35.0. The first-order chi connectivity index (χ1) is 45.3. The highest BCUT2D eigenvalue weighted by molar-refractivity contribution is 6.00. The van der Waals surface area contributed by atoms with Crippen molar-refractivity contribution in [2.24, 2.45) is 40.6 Å². The average molecular weight is 1370 g/mol. The average Bonchev–Trinajstić information content (AvgIpc) is 0.820. The van der Waals surface area contributed by atoms with Gasteiger partial charge >= 0.3 is 0 Å². The largest absolute Gasteiger partial charge is 0.390 e. The van der Waals surface area contributed by atoms with Crippen LogP contribution in [0.4, 0.5) is 0 Å². The van der Waals surface area contributed by atoms with E-state index in [1.807, 2.05) is 41.5 Å². The summed E-state index contributed by atoms with van der Waals surface area (Å²) in [7, 11) is 8.44. The predicted octanol–water partition coefficient (Wildman–Crippen LogP) is 3.30. The molecule has 14 atom stereocenters. The number of rotatable bonds is 23. The van der Waals surface area contributed by atoms with E-state index in [4.69, 9.17) is 15.0 Å². The third-order valence-corrected chi connectivity index (χ3v) is 18.7. The molecule has 29 heteroatoms. The van der Waals surface area contributed by atoms with Crippen molar-refractivity contribution in [3.63, 3.8) is 0 Å². The van der Waals surface area contributed by atoms with E-state index in [-0.39, 0.29) is 56.6 Å². The van der Waals surface area contributed by atoms with Gasteiger partial charge in [0.25, 0.3) is 0 Å². The van der Waals surface area contributed by atoms with Crippen molar-refractivity contribution in [1.29, 1.82) is 0 Å². The molecule has 0 radical (unpaired) electrons. The summed E-state index contributed by atoms with van der Waals surface area (Å²) in [5.41, 5.74) is 8.86. The highest BCUT2D eigenvalue weighted by Crippen LogP contribution is 2.25. The van der Waals surface area contributed by atoms with Crippen molar-refractivity contribution >= 4 is 65.0 Å². The number of hydrogen-bond donors (Lipinski definition) is 6. The molecule has 0 aromatic carbocycles. The van der Waals surface area contributed by atoms with Crippen LogP contribution in [0.1, 0.15) is 169 Å².